The zero-order valence-corrected chi connectivity index (χ0v) is 13.4. The van der Waals surface area contributed by atoms with Gasteiger partial charge < -0.3 is 5.32 Å². The zero-order chi connectivity index (χ0) is 16.9. The molecule has 4 heteroatoms. The Kier molecular flexibility index (Phi) is 4.57. The normalized spacial score (nSPS) is 10.4. The van der Waals surface area contributed by atoms with Crippen LogP contribution in [0.25, 0.3) is 11.1 Å². The molecule has 0 atom stereocenters. The second-order valence-electron chi connectivity index (χ2n) is 5.49. The van der Waals surface area contributed by atoms with Crippen molar-refractivity contribution in [3.63, 3.8) is 0 Å². The number of para-hydroxylation sites is 1. The molecular formula is C20H18N2O2. The van der Waals surface area contributed by atoms with Gasteiger partial charge in [0.05, 0.1) is 4.92 Å². The van der Waals surface area contributed by atoms with Crippen LogP contribution in [-0.4, -0.2) is 4.92 Å². The number of nitrogens with one attached hydrogen (secondary N) is 1. The lowest BCUT2D eigenvalue weighted by molar-refractivity contribution is -0.383. The molecule has 0 radical (unpaired) electrons. The van der Waals surface area contributed by atoms with E-state index in [2.05, 4.69) is 12.2 Å². The van der Waals surface area contributed by atoms with Gasteiger partial charge in [0.2, 0.25) is 0 Å². The number of nitro benzene ring substituents is 1. The molecule has 0 spiro atoms. The maximum atomic E-state index is 11.5. The summed E-state index contributed by atoms with van der Waals surface area (Å²) in [6, 6.07) is 22.8. The van der Waals surface area contributed by atoms with E-state index in [1.165, 1.54) is 0 Å². The van der Waals surface area contributed by atoms with Crippen molar-refractivity contribution in [3.8, 4) is 11.1 Å². The van der Waals surface area contributed by atoms with E-state index < -0.39 is 0 Å². The molecule has 0 aliphatic rings. The Bertz CT molecular complexity index is 861. The molecule has 0 unspecified atom stereocenters. The minimum Gasteiger partial charge on any atom is -0.350 e. The quantitative estimate of drug-likeness (QED) is 0.494. The first kappa shape index (κ1) is 15.7. The van der Waals surface area contributed by atoms with Gasteiger partial charge in [-0.15, -0.1) is 0 Å². The summed E-state index contributed by atoms with van der Waals surface area (Å²) >= 11 is 0. The van der Waals surface area contributed by atoms with Crippen LogP contribution in [-0.2, 0) is 6.42 Å². The summed E-state index contributed by atoms with van der Waals surface area (Å²) in [5.41, 5.74) is 4.38. The lowest BCUT2D eigenvalue weighted by atomic mass is 10.0. The van der Waals surface area contributed by atoms with Crippen molar-refractivity contribution in [1.82, 2.24) is 0 Å². The molecule has 3 aromatic carbocycles. The summed E-state index contributed by atoms with van der Waals surface area (Å²) in [6.07, 6.45) is 0.860. The van der Waals surface area contributed by atoms with E-state index in [4.69, 9.17) is 0 Å². The fraction of sp³-hybridized carbons (Fsp3) is 0.100. The SMILES string of the molecule is CCc1ccccc1Nc1ccc(-c2ccccc2)cc1[N+](=O)[O-]. The minimum atomic E-state index is -0.344. The number of hydrogen-bond donors (Lipinski definition) is 1. The second kappa shape index (κ2) is 6.96. The highest BCUT2D eigenvalue weighted by Crippen LogP contribution is 2.33. The van der Waals surface area contributed by atoms with E-state index in [0.29, 0.717) is 5.69 Å². The van der Waals surface area contributed by atoms with E-state index >= 15 is 0 Å². The Labute approximate surface area is 140 Å². The predicted octanol–water partition coefficient (Wildman–Crippen LogP) is 5.57. The average Bonchev–Trinajstić information content (AvgIpc) is 2.63. The smallest absolute Gasteiger partial charge is 0.293 e. The van der Waals surface area contributed by atoms with E-state index in [1.54, 1.807) is 12.1 Å². The third-order valence-electron chi connectivity index (χ3n) is 3.97. The molecule has 0 saturated heterocycles. The summed E-state index contributed by atoms with van der Waals surface area (Å²) in [5, 5.41) is 14.7. The Balaban J connectivity index is 2.01. The topological polar surface area (TPSA) is 55.2 Å². The molecule has 24 heavy (non-hydrogen) atoms. The van der Waals surface area contributed by atoms with Crippen LogP contribution in [0.2, 0.25) is 0 Å². The lowest BCUT2D eigenvalue weighted by Gasteiger charge is -2.12. The minimum absolute atomic E-state index is 0.0715. The summed E-state index contributed by atoms with van der Waals surface area (Å²) < 4.78 is 0. The van der Waals surface area contributed by atoms with Crippen LogP contribution in [0.15, 0.2) is 72.8 Å². The maximum Gasteiger partial charge on any atom is 0.293 e. The molecule has 1 N–H and O–H groups in total. The van der Waals surface area contributed by atoms with Gasteiger partial charge in [0.15, 0.2) is 0 Å². The van der Waals surface area contributed by atoms with Crippen LogP contribution in [0, 0.1) is 10.1 Å². The first-order valence-corrected chi connectivity index (χ1v) is 7.88. The Morgan fingerprint density at radius 3 is 2.29 bits per heavy atom. The largest absolute Gasteiger partial charge is 0.350 e. The number of rotatable bonds is 5. The highest BCUT2D eigenvalue weighted by atomic mass is 16.6. The molecule has 0 amide bonds. The molecule has 0 aliphatic heterocycles. The van der Waals surface area contributed by atoms with Crippen LogP contribution in [0.5, 0.6) is 0 Å². The van der Waals surface area contributed by atoms with Crippen LogP contribution in [0.4, 0.5) is 17.1 Å². The molecule has 0 heterocycles. The van der Waals surface area contributed by atoms with Gasteiger partial charge in [-0.3, -0.25) is 10.1 Å². The number of hydrogen-bond acceptors (Lipinski definition) is 3. The van der Waals surface area contributed by atoms with Crippen LogP contribution < -0.4 is 5.32 Å². The van der Waals surface area contributed by atoms with Crippen molar-refractivity contribution in [1.29, 1.82) is 0 Å². The van der Waals surface area contributed by atoms with Gasteiger partial charge in [-0.05, 0) is 35.2 Å². The Hall–Kier alpha value is -3.14. The molecular weight excluding hydrogens is 300 g/mol. The first-order valence-electron chi connectivity index (χ1n) is 7.88. The van der Waals surface area contributed by atoms with Crippen molar-refractivity contribution in [2.45, 2.75) is 13.3 Å². The number of anilines is 2. The third kappa shape index (κ3) is 3.27. The van der Waals surface area contributed by atoms with Gasteiger partial charge in [-0.1, -0.05) is 61.5 Å². The number of nitro groups is 1. The molecule has 0 saturated carbocycles. The molecule has 3 aromatic rings. The molecule has 0 bridgehead atoms. The predicted molar refractivity (Wildman–Crippen MR) is 97.6 cm³/mol. The monoisotopic (exact) mass is 318 g/mol. The molecule has 0 aromatic heterocycles. The zero-order valence-electron chi connectivity index (χ0n) is 13.4. The molecule has 3 rings (SSSR count). The fourth-order valence-electron chi connectivity index (χ4n) is 2.69. The summed E-state index contributed by atoms with van der Waals surface area (Å²) in [5.74, 6) is 0. The van der Waals surface area contributed by atoms with Crippen LogP contribution >= 0.6 is 0 Å². The van der Waals surface area contributed by atoms with Gasteiger partial charge in [-0.2, -0.15) is 0 Å². The Morgan fingerprint density at radius 2 is 1.58 bits per heavy atom. The van der Waals surface area contributed by atoms with Crippen molar-refractivity contribution in [2.24, 2.45) is 0 Å². The third-order valence-corrected chi connectivity index (χ3v) is 3.97. The Morgan fingerprint density at radius 1 is 0.875 bits per heavy atom. The molecule has 0 fully saturated rings. The van der Waals surface area contributed by atoms with E-state index in [1.807, 2.05) is 60.7 Å². The molecule has 0 aliphatic carbocycles. The van der Waals surface area contributed by atoms with E-state index in [0.717, 1.165) is 28.8 Å². The van der Waals surface area contributed by atoms with Crippen molar-refractivity contribution in [3.05, 3.63) is 88.5 Å². The van der Waals surface area contributed by atoms with Gasteiger partial charge in [0.25, 0.3) is 5.69 Å². The summed E-state index contributed by atoms with van der Waals surface area (Å²) in [4.78, 5) is 11.2. The lowest BCUT2D eigenvalue weighted by Crippen LogP contribution is -1.99. The molecule has 120 valence electrons. The van der Waals surface area contributed by atoms with Gasteiger partial charge >= 0.3 is 0 Å². The first-order chi connectivity index (χ1) is 11.7. The van der Waals surface area contributed by atoms with Gasteiger partial charge in [0.1, 0.15) is 5.69 Å². The van der Waals surface area contributed by atoms with Crippen LogP contribution in [0.1, 0.15) is 12.5 Å². The fourth-order valence-corrected chi connectivity index (χ4v) is 2.69. The standard InChI is InChI=1S/C20H18N2O2/c1-2-15-8-6-7-11-18(15)21-19-13-12-17(14-20(19)22(23)24)16-9-4-3-5-10-16/h3-14,21H,2H2,1H3. The van der Waals surface area contributed by atoms with E-state index in [9.17, 15) is 10.1 Å². The van der Waals surface area contributed by atoms with Gasteiger partial charge in [0, 0.05) is 11.8 Å². The average molecular weight is 318 g/mol. The van der Waals surface area contributed by atoms with Crippen molar-refractivity contribution < 1.29 is 4.92 Å². The maximum absolute atomic E-state index is 11.5. The summed E-state index contributed by atoms with van der Waals surface area (Å²) in [6.45, 7) is 2.06. The number of nitrogens with zero attached hydrogens (tertiary/aromatic N) is 1. The highest BCUT2D eigenvalue weighted by molar-refractivity contribution is 5.77. The number of aryl methyl sites for hydroxylation is 1. The van der Waals surface area contributed by atoms with Gasteiger partial charge in [-0.25, -0.2) is 0 Å². The van der Waals surface area contributed by atoms with Crippen molar-refractivity contribution in [2.75, 3.05) is 5.32 Å². The van der Waals surface area contributed by atoms with Crippen LogP contribution in [0.3, 0.4) is 0 Å². The second-order valence-corrected chi connectivity index (χ2v) is 5.49. The van der Waals surface area contributed by atoms with Crippen molar-refractivity contribution >= 4 is 17.1 Å². The van der Waals surface area contributed by atoms with E-state index in [-0.39, 0.29) is 10.6 Å². The number of benzene rings is 3. The molecule has 4 nitrogen and oxygen atoms in total. The highest BCUT2D eigenvalue weighted by Gasteiger charge is 2.16. The summed E-state index contributed by atoms with van der Waals surface area (Å²) in [7, 11) is 0.